The average Bonchev–Trinajstić information content (AvgIpc) is 3.33. The largest absolute Gasteiger partial charge is 0.487 e. The van der Waals surface area contributed by atoms with Crippen LogP contribution in [0.4, 0.5) is 0 Å². The van der Waals surface area contributed by atoms with Crippen LogP contribution >= 0.6 is 24.0 Å². The van der Waals surface area contributed by atoms with E-state index in [0.717, 1.165) is 44.1 Å². The van der Waals surface area contributed by atoms with Crippen molar-refractivity contribution in [2.24, 2.45) is 4.99 Å². The van der Waals surface area contributed by atoms with Gasteiger partial charge in [-0.15, -0.1) is 24.0 Å². The van der Waals surface area contributed by atoms with Crippen LogP contribution in [0.15, 0.2) is 48.0 Å². The Hall–Kier alpha value is -1.77. The Morgan fingerprint density at radius 1 is 1.33 bits per heavy atom. The molecule has 1 aliphatic carbocycles. The van der Waals surface area contributed by atoms with Gasteiger partial charge in [0.25, 0.3) is 0 Å². The molecule has 1 atom stereocenters. The lowest BCUT2D eigenvalue weighted by molar-refractivity contribution is 0.0396. The first kappa shape index (κ1) is 20.0. The van der Waals surface area contributed by atoms with E-state index in [-0.39, 0.29) is 35.6 Å². The molecule has 1 fully saturated rings. The third-order valence-electron chi connectivity index (χ3n) is 5.47. The van der Waals surface area contributed by atoms with E-state index in [1.54, 1.807) is 6.20 Å². The van der Waals surface area contributed by atoms with Crippen LogP contribution in [0.25, 0.3) is 0 Å². The third kappa shape index (κ3) is 4.56. The number of halogens is 1. The molecule has 2 aromatic rings. The van der Waals surface area contributed by atoms with Crippen molar-refractivity contribution in [1.29, 1.82) is 0 Å². The van der Waals surface area contributed by atoms with Gasteiger partial charge in [-0.3, -0.25) is 4.99 Å². The molecule has 1 aromatic carbocycles. The Labute approximate surface area is 177 Å². The summed E-state index contributed by atoms with van der Waals surface area (Å²) in [6, 6.07) is 8.62. The highest BCUT2D eigenvalue weighted by Gasteiger charge is 2.43. The molecule has 7 heteroatoms. The van der Waals surface area contributed by atoms with Crippen LogP contribution in [0.5, 0.6) is 5.75 Å². The Kier molecular flexibility index (Phi) is 6.62. The molecule has 2 N–H and O–H groups in total. The molecule has 2 heterocycles. The van der Waals surface area contributed by atoms with Gasteiger partial charge >= 0.3 is 0 Å². The van der Waals surface area contributed by atoms with Crippen LogP contribution in [0, 0.1) is 0 Å². The fourth-order valence-corrected chi connectivity index (χ4v) is 4.15. The highest BCUT2D eigenvalue weighted by atomic mass is 127. The van der Waals surface area contributed by atoms with Crippen molar-refractivity contribution < 1.29 is 4.74 Å². The van der Waals surface area contributed by atoms with Gasteiger partial charge in [0.2, 0.25) is 0 Å². The molecule has 0 saturated heterocycles. The number of benzene rings is 1. The number of imidazole rings is 1. The van der Waals surface area contributed by atoms with Crippen molar-refractivity contribution in [2.75, 3.05) is 13.6 Å². The SMILES string of the molecule is CN=C(NCCn1ccnc1)NC1CC2(CCCC2)Oc2ccccc21.I. The Balaban J connectivity index is 0.00000210. The van der Waals surface area contributed by atoms with Crippen molar-refractivity contribution >= 4 is 29.9 Å². The van der Waals surface area contributed by atoms with Crippen molar-refractivity contribution in [3.05, 3.63) is 48.5 Å². The van der Waals surface area contributed by atoms with E-state index in [0.29, 0.717) is 0 Å². The lowest BCUT2D eigenvalue weighted by atomic mass is 9.86. The van der Waals surface area contributed by atoms with E-state index in [1.165, 1.54) is 18.4 Å². The molecule has 0 bridgehead atoms. The van der Waals surface area contributed by atoms with Gasteiger partial charge in [0.05, 0.1) is 12.4 Å². The predicted molar refractivity (Wildman–Crippen MR) is 118 cm³/mol. The average molecular weight is 481 g/mol. The Bertz CT molecular complexity index is 755. The van der Waals surface area contributed by atoms with Crippen LogP contribution in [-0.4, -0.2) is 34.7 Å². The maximum Gasteiger partial charge on any atom is 0.191 e. The minimum absolute atomic E-state index is 0. The molecular weight excluding hydrogens is 453 g/mol. The molecule has 1 aromatic heterocycles. The van der Waals surface area contributed by atoms with Crippen LogP contribution < -0.4 is 15.4 Å². The van der Waals surface area contributed by atoms with Crippen molar-refractivity contribution in [3.63, 3.8) is 0 Å². The Morgan fingerprint density at radius 2 is 2.15 bits per heavy atom. The standard InChI is InChI=1S/C20H27N5O.HI/c1-21-19(23-11-13-25-12-10-22-15-25)24-17-14-20(8-4-5-9-20)26-18-7-3-2-6-16(17)18;/h2-3,6-7,10,12,15,17H,4-5,8-9,11,13-14H2,1H3,(H2,21,23,24);1H. The van der Waals surface area contributed by atoms with Crippen molar-refractivity contribution in [1.82, 2.24) is 20.2 Å². The highest BCUT2D eigenvalue weighted by molar-refractivity contribution is 14.0. The number of aromatic nitrogens is 2. The van der Waals surface area contributed by atoms with E-state index >= 15 is 0 Å². The monoisotopic (exact) mass is 481 g/mol. The molecule has 27 heavy (non-hydrogen) atoms. The maximum absolute atomic E-state index is 6.45. The van der Waals surface area contributed by atoms with Crippen LogP contribution in [0.2, 0.25) is 0 Å². The molecule has 6 nitrogen and oxygen atoms in total. The van der Waals surface area contributed by atoms with Gasteiger partial charge in [-0.1, -0.05) is 18.2 Å². The number of nitrogens with zero attached hydrogens (tertiary/aromatic N) is 3. The number of fused-ring (bicyclic) bond motifs is 1. The summed E-state index contributed by atoms with van der Waals surface area (Å²) in [6.45, 7) is 1.65. The number of hydrogen-bond donors (Lipinski definition) is 2. The van der Waals surface area contributed by atoms with Gasteiger partial charge in [-0.25, -0.2) is 4.98 Å². The van der Waals surface area contributed by atoms with Crippen LogP contribution in [0.3, 0.4) is 0 Å². The van der Waals surface area contributed by atoms with E-state index in [9.17, 15) is 0 Å². The molecule has 1 aliphatic heterocycles. The summed E-state index contributed by atoms with van der Waals surface area (Å²) in [5.74, 6) is 1.85. The number of para-hydroxylation sites is 1. The minimum atomic E-state index is -0.0122. The van der Waals surface area contributed by atoms with Crippen LogP contribution in [-0.2, 0) is 6.54 Å². The minimum Gasteiger partial charge on any atom is -0.487 e. The summed E-state index contributed by atoms with van der Waals surface area (Å²) >= 11 is 0. The smallest absolute Gasteiger partial charge is 0.191 e. The molecule has 1 saturated carbocycles. The molecular formula is C20H28IN5O. The lowest BCUT2D eigenvalue weighted by Gasteiger charge is -2.40. The summed E-state index contributed by atoms with van der Waals surface area (Å²) < 4.78 is 8.50. The number of guanidine groups is 1. The summed E-state index contributed by atoms with van der Waals surface area (Å²) in [6.07, 6.45) is 11.4. The number of rotatable bonds is 4. The number of ether oxygens (including phenoxy) is 1. The number of nitrogens with one attached hydrogen (secondary N) is 2. The molecule has 4 rings (SSSR count). The normalized spacial score (nSPS) is 20.5. The van der Waals surface area contributed by atoms with E-state index in [2.05, 4.69) is 49.4 Å². The van der Waals surface area contributed by atoms with Gasteiger partial charge in [-0.05, 0) is 31.7 Å². The first-order valence-corrected chi connectivity index (χ1v) is 9.49. The predicted octanol–water partition coefficient (Wildman–Crippen LogP) is 3.50. The zero-order valence-corrected chi connectivity index (χ0v) is 18.1. The number of aliphatic imine (C=N–C) groups is 1. The van der Waals surface area contributed by atoms with Crippen molar-refractivity contribution in [2.45, 2.75) is 50.3 Å². The fourth-order valence-electron chi connectivity index (χ4n) is 4.15. The topological polar surface area (TPSA) is 63.5 Å². The second kappa shape index (κ2) is 8.95. The number of hydrogen-bond acceptors (Lipinski definition) is 3. The van der Waals surface area contributed by atoms with Gasteiger partial charge < -0.3 is 19.9 Å². The first-order valence-electron chi connectivity index (χ1n) is 9.49. The van der Waals surface area contributed by atoms with E-state index in [4.69, 9.17) is 4.74 Å². The van der Waals surface area contributed by atoms with Crippen LogP contribution in [0.1, 0.15) is 43.7 Å². The third-order valence-corrected chi connectivity index (χ3v) is 5.47. The molecule has 2 aliphatic rings. The maximum atomic E-state index is 6.45. The summed E-state index contributed by atoms with van der Waals surface area (Å²) in [7, 11) is 1.82. The zero-order chi connectivity index (χ0) is 17.8. The Morgan fingerprint density at radius 3 is 2.89 bits per heavy atom. The fraction of sp³-hybridized carbons (Fsp3) is 0.500. The quantitative estimate of drug-likeness (QED) is 0.399. The van der Waals surface area contributed by atoms with Gasteiger partial charge in [0, 0.05) is 44.5 Å². The second-order valence-electron chi connectivity index (χ2n) is 7.23. The lowest BCUT2D eigenvalue weighted by Crippen LogP contribution is -2.47. The highest BCUT2D eigenvalue weighted by Crippen LogP contribution is 2.46. The second-order valence-corrected chi connectivity index (χ2v) is 7.23. The summed E-state index contributed by atoms with van der Waals surface area (Å²) in [4.78, 5) is 8.49. The van der Waals surface area contributed by atoms with Crippen molar-refractivity contribution in [3.8, 4) is 5.75 Å². The molecule has 0 radical (unpaired) electrons. The zero-order valence-electron chi connectivity index (χ0n) is 15.7. The van der Waals surface area contributed by atoms with E-state index < -0.39 is 0 Å². The van der Waals surface area contributed by atoms with E-state index in [1.807, 2.05) is 19.6 Å². The molecule has 1 unspecified atom stereocenters. The molecule has 0 amide bonds. The molecule has 146 valence electrons. The van der Waals surface area contributed by atoms with Gasteiger partial charge in [-0.2, -0.15) is 0 Å². The van der Waals surface area contributed by atoms with Gasteiger partial charge in [0.1, 0.15) is 11.4 Å². The van der Waals surface area contributed by atoms with Gasteiger partial charge in [0.15, 0.2) is 5.96 Å². The first-order chi connectivity index (χ1) is 12.8. The summed E-state index contributed by atoms with van der Waals surface area (Å²) in [5, 5.41) is 7.04. The summed E-state index contributed by atoms with van der Waals surface area (Å²) in [5.41, 5.74) is 1.21. The molecule has 1 spiro atoms.